The first-order valence-corrected chi connectivity index (χ1v) is 11.9. The summed E-state index contributed by atoms with van der Waals surface area (Å²) in [6.07, 6.45) is -7.78. The van der Waals surface area contributed by atoms with Crippen LogP contribution in [0.4, 0.5) is 26.3 Å². The zero-order valence-corrected chi connectivity index (χ0v) is 20.6. The monoisotopic (exact) mass is 535 g/mol. The first-order chi connectivity index (χ1) is 17.2. The third-order valence-corrected chi connectivity index (χ3v) is 6.47. The minimum absolute atomic E-state index is 0.0471. The van der Waals surface area contributed by atoms with Crippen LogP contribution < -0.4 is 11.1 Å². The number of aldehydes is 1. The van der Waals surface area contributed by atoms with E-state index in [9.17, 15) is 41.2 Å². The van der Waals surface area contributed by atoms with Gasteiger partial charge in [-0.15, -0.1) is 0 Å². The summed E-state index contributed by atoms with van der Waals surface area (Å²) in [5, 5.41) is 12.1. The Hall–Kier alpha value is -2.69. The number of hydrogen-bond acceptors (Lipinski definition) is 6. The van der Waals surface area contributed by atoms with E-state index in [0.29, 0.717) is 44.4 Å². The van der Waals surface area contributed by atoms with Gasteiger partial charge in [-0.2, -0.15) is 31.6 Å². The molecular formula is C24H31F6N5O2. The van der Waals surface area contributed by atoms with Crippen molar-refractivity contribution in [3.63, 3.8) is 0 Å². The number of likely N-dealkylation sites (N-methyl/N-ethyl adjacent to an activating group) is 1. The molecule has 1 aromatic rings. The van der Waals surface area contributed by atoms with E-state index in [0.717, 1.165) is 0 Å². The van der Waals surface area contributed by atoms with Crippen molar-refractivity contribution in [1.82, 2.24) is 15.1 Å². The number of nitrogens with one attached hydrogen (secondary N) is 1. The molecule has 1 saturated heterocycles. The van der Waals surface area contributed by atoms with Gasteiger partial charge in [-0.25, -0.2) is 0 Å². The van der Waals surface area contributed by atoms with Crippen molar-refractivity contribution < 1.29 is 35.9 Å². The fourth-order valence-electron chi connectivity index (χ4n) is 4.34. The molecule has 0 aliphatic carbocycles. The highest BCUT2D eigenvalue weighted by Gasteiger charge is 2.37. The summed E-state index contributed by atoms with van der Waals surface area (Å²) >= 11 is 0. The number of carbonyl (C=O) groups excluding carboxylic acids is 2. The lowest BCUT2D eigenvalue weighted by atomic mass is 10.00. The van der Waals surface area contributed by atoms with Crippen molar-refractivity contribution in [1.29, 1.82) is 5.26 Å². The van der Waals surface area contributed by atoms with Crippen molar-refractivity contribution in [2.45, 2.75) is 69.6 Å². The molecule has 206 valence electrons. The van der Waals surface area contributed by atoms with Gasteiger partial charge in [0, 0.05) is 19.1 Å². The van der Waals surface area contributed by atoms with Gasteiger partial charge in [0.1, 0.15) is 12.3 Å². The normalized spacial score (nSPS) is 18.9. The van der Waals surface area contributed by atoms with E-state index in [1.54, 1.807) is 11.8 Å². The average Bonchev–Trinajstić information content (AvgIpc) is 3.32. The zero-order chi connectivity index (χ0) is 28.0. The SMILES string of the molecule is CCN(CC(N)C(=O)N1CCCC1C#N)C(C=O)CCN[C@@H](C)c1cc(C(F)(F)F)cc(C(F)(F)F)c1. The second-order valence-corrected chi connectivity index (χ2v) is 9.02. The molecule has 1 aromatic carbocycles. The lowest BCUT2D eigenvalue weighted by Crippen LogP contribution is -2.53. The second-order valence-electron chi connectivity index (χ2n) is 9.02. The minimum atomic E-state index is -4.95. The fourth-order valence-corrected chi connectivity index (χ4v) is 4.34. The number of amides is 1. The van der Waals surface area contributed by atoms with E-state index in [-0.39, 0.29) is 37.0 Å². The van der Waals surface area contributed by atoms with E-state index in [2.05, 4.69) is 11.4 Å². The highest BCUT2D eigenvalue weighted by molar-refractivity contribution is 5.82. The van der Waals surface area contributed by atoms with Gasteiger partial charge in [-0.3, -0.25) is 9.69 Å². The summed E-state index contributed by atoms with van der Waals surface area (Å²) in [6.45, 7) is 4.14. The van der Waals surface area contributed by atoms with Crippen LogP contribution >= 0.6 is 0 Å². The molecule has 3 unspecified atom stereocenters. The number of halogens is 6. The van der Waals surface area contributed by atoms with Crippen LogP contribution in [0.2, 0.25) is 0 Å². The summed E-state index contributed by atoms with van der Waals surface area (Å²) < 4.78 is 78.9. The molecule has 0 spiro atoms. The molecule has 4 atom stereocenters. The van der Waals surface area contributed by atoms with Crippen LogP contribution in [0.1, 0.15) is 55.8 Å². The molecule has 1 aliphatic rings. The predicted molar refractivity (Wildman–Crippen MR) is 123 cm³/mol. The Bertz CT molecular complexity index is 946. The van der Waals surface area contributed by atoms with Crippen LogP contribution in [-0.2, 0) is 21.9 Å². The number of carbonyl (C=O) groups is 2. The summed E-state index contributed by atoms with van der Waals surface area (Å²) in [7, 11) is 0. The maximum atomic E-state index is 13.1. The minimum Gasteiger partial charge on any atom is -0.325 e. The Kier molecular flexibility index (Phi) is 10.5. The van der Waals surface area contributed by atoms with Crippen LogP contribution in [0.3, 0.4) is 0 Å². The van der Waals surface area contributed by atoms with Gasteiger partial charge in [0.25, 0.3) is 0 Å². The maximum Gasteiger partial charge on any atom is 0.416 e. The third kappa shape index (κ3) is 8.15. The topological polar surface area (TPSA) is 102 Å². The molecule has 0 saturated carbocycles. The molecule has 2 rings (SSSR count). The number of likely N-dealkylation sites (tertiary alicyclic amines) is 1. The molecule has 37 heavy (non-hydrogen) atoms. The molecular weight excluding hydrogens is 504 g/mol. The van der Waals surface area contributed by atoms with Crippen LogP contribution in [-0.4, -0.2) is 66.3 Å². The number of nitrogens with zero attached hydrogens (tertiary/aromatic N) is 3. The number of hydrogen-bond donors (Lipinski definition) is 2. The Morgan fingerprint density at radius 1 is 1.24 bits per heavy atom. The first-order valence-electron chi connectivity index (χ1n) is 11.9. The maximum absolute atomic E-state index is 13.1. The van der Waals surface area contributed by atoms with Crippen molar-refractivity contribution >= 4 is 12.2 Å². The van der Waals surface area contributed by atoms with Crippen LogP contribution in [0.15, 0.2) is 18.2 Å². The van der Waals surface area contributed by atoms with Gasteiger partial charge in [0.05, 0.1) is 29.3 Å². The third-order valence-electron chi connectivity index (χ3n) is 6.47. The second kappa shape index (κ2) is 12.7. The molecule has 13 heteroatoms. The molecule has 1 aliphatic heterocycles. The molecule has 1 amide bonds. The number of nitrogens with two attached hydrogens (primary N) is 1. The highest BCUT2D eigenvalue weighted by Crippen LogP contribution is 2.37. The summed E-state index contributed by atoms with van der Waals surface area (Å²) in [5.41, 5.74) is 3.09. The number of alkyl halides is 6. The summed E-state index contributed by atoms with van der Waals surface area (Å²) in [5.74, 6) is -0.385. The molecule has 0 bridgehead atoms. The zero-order valence-electron chi connectivity index (χ0n) is 20.6. The van der Waals surface area contributed by atoms with Crippen molar-refractivity contribution in [2.24, 2.45) is 5.73 Å². The Morgan fingerprint density at radius 3 is 2.32 bits per heavy atom. The Labute approximate surface area is 211 Å². The first kappa shape index (κ1) is 30.5. The van der Waals surface area contributed by atoms with Gasteiger partial charge in [0.2, 0.25) is 5.91 Å². The summed E-state index contributed by atoms with van der Waals surface area (Å²) in [4.78, 5) is 27.6. The van der Waals surface area contributed by atoms with Crippen molar-refractivity contribution in [3.05, 3.63) is 34.9 Å². The van der Waals surface area contributed by atoms with Gasteiger partial charge < -0.3 is 20.7 Å². The largest absolute Gasteiger partial charge is 0.416 e. The van der Waals surface area contributed by atoms with Crippen molar-refractivity contribution in [3.8, 4) is 6.07 Å². The van der Waals surface area contributed by atoms with E-state index < -0.39 is 47.6 Å². The number of rotatable bonds is 11. The summed E-state index contributed by atoms with van der Waals surface area (Å²) in [6, 6.07) is 0.421. The Balaban J connectivity index is 2.03. The van der Waals surface area contributed by atoms with E-state index in [4.69, 9.17) is 5.73 Å². The standard InChI is InChI=1S/C24H31F6N5O2/c1-3-34(13-21(32)22(37)35-8-4-5-19(35)12-31)20(14-36)6-7-33-15(2)16-9-17(23(25,26)27)11-18(10-16)24(28,29)30/h9-11,14-15,19-21,33H,3-8,13,32H2,1-2H3/t15-,19?,20?,21?/m0/s1. The van der Waals surface area contributed by atoms with Gasteiger partial charge >= 0.3 is 12.4 Å². The molecule has 0 radical (unpaired) electrons. The lowest BCUT2D eigenvalue weighted by Gasteiger charge is -2.31. The van der Waals surface area contributed by atoms with Crippen molar-refractivity contribution in [2.75, 3.05) is 26.2 Å². The molecule has 1 fully saturated rings. The lowest BCUT2D eigenvalue weighted by molar-refractivity contribution is -0.143. The van der Waals surface area contributed by atoms with Crippen LogP contribution in [0.25, 0.3) is 0 Å². The van der Waals surface area contributed by atoms with E-state index in [1.807, 2.05) is 0 Å². The smallest absolute Gasteiger partial charge is 0.325 e. The van der Waals surface area contributed by atoms with Gasteiger partial charge in [-0.1, -0.05) is 6.92 Å². The fraction of sp³-hybridized carbons (Fsp3) is 0.625. The van der Waals surface area contributed by atoms with Gasteiger partial charge in [0.15, 0.2) is 0 Å². The van der Waals surface area contributed by atoms with E-state index in [1.165, 1.54) is 11.8 Å². The number of nitriles is 1. The molecule has 0 aromatic heterocycles. The molecule has 3 N–H and O–H groups in total. The van der Waals surface area contributed by atoms with Gasteiger partial charge in [-0.05, 0) is 63.0 Å². The highest BCUT2D eigenvalue weighted by atomic mass is 19.4. The molecule has 7 nitrogen and oxygen atoms in total. The van der Waals surface area contributed by atoms with Crippen LogP contribution in [0.5, 0.6) is 0 Å². The molecule has 1 heterocycles. The quantitative estimate of drug-likeness (QED) is 0.332. The number of benzene rings is 1. The van der Waals surface area contributed by atoms with Crippen LogP contribution in [0, 0.1) is 11.3 Å². The predicted octanol–water partition coefficient (Wildman–Crippen LogP) is 3.50. The van der Waals surface area contributed by atoms with E-state index >= 15 is 0 Å². The average molecular weight is 536 g/mol. The Morgan fingerprint density at radius 2 is 1.84 bits per heavy atom.